The number of furan rings is 1. The van der Waals surface area contributed by atoms with Gasteiger partial charge in [-0.25, -0.2) is 4.79 Å². The number of rotatable bonds is 5. The SMILES string of the molecule is CC(NC(=O)CN1C(=O)NC(C)(c2ccco2)C1=O)c1ccccc1Cl. The van der Waals surface area contributed by atoms with E-state index >= 15 is 0 Å². The number of imide groups is 1. The quantitative estimate of drug-likeness (QED) is 0.786. The molecule has 2 aromatic rings. The lowest BCUT2D eigenvalue weighted by Crippen LogP contribution is -2.43. The molecule has 7 nitrogen and oxygen atoms in total. The lowest BCUT2D eigenvalue weighted by molar-refractivity contribution is -0.135. The maximum absolute atomic E-state index is 12.7. The molecule has 1 aliphatic heterocycles. The minimum Gasteiger partial charge on any atom is -0.466 e. The van der Waals surface area contributed by atoms with Crippen molar-refractivity contribution in [2.45, 2.75) is 25.4 Å². The monoisotopic (exact) mass is 375 g/mol. The Morgan fingerprint density at radius 1 is 1.31 bits per heavy atom. The third-order valence-electron chi connectivity index (χ3n) is 4.34. The van der Waals surface area contributed by atoms with Crippen molar-refractivity contribution >= 4 is 29.4 Å². The summed E-state index contributed by atoms with van der Waals surface area (Å²) in [6.07, 6.45) is 1.42. The molecule has 0 aliphatic carbocycles. The zero-order chi connectivity index (χ0) is 18.9. The van der Waals surface area contributed by atoms with Gasteiger partial charge in [0.1, 0.15) is 12.3 Å². The average Bonchev–Trinajstić information content (AvgIpc) is 3.20. The molecule has 0 saturated carbocycles. The second kappa shape index (κ2) is 6.84. The maximum Gasteiger partial charge on any atom is 0.325 e. The van der Waals surface area contributed by atoms with Gasteiger partial charge in [0.25, 0.3) is 5.91 Å². The standard InChI is InChI=1S/C18H18ClN3O4/c1-11(12-6-3-4-7-13(12)19)20-15(23)10-22-16(24)18(2,21-17(22)25)14-8-5-9-26-14/h3-9,11H,10H2,1-2H3,(H,20,23)(H,21,25). The molecule has 1 aromatic carbocycles. The lowest BCUT2D eigenvalue weighted by Gasteiger charge is -2.20. The van der Waals surface area contributed by atoms with Gasteiger partial charge < -0.3 is 15.1 Å². The van der Waals surface area contributed by atoms with Gasteiger partial charge in [-0.1, -0.05) is 29.8 Å². The highest BCUT2D eigenvalue weighted by atomic mass is 35.5. The Morgan fingerprint density at radius 2 is 2.04 bits per heavy atom. The van der Waals surface area contributed by atoms with Crippen LogP contribution in [0.5, 0.6) is 0 Å². The first-order chi connectivity index (χ1) is 12.3. The van der Waals surface area contributed by atoms with Crippen LogP contribution in [0.2, 0.25) is 5.02 Å². The molecular weight excluding hydrogens is 358 g/mol. The highest BCUT2D eigenvalue weighted by Gasteiger charge is 2.51. The van der Waals surface area contributed by atoms with Crippen LogP contribution in [-0.2, 0) is 15.1 Å². The molecule has 1 aromatic heterocycles. The number of carbonyl (C=O) groups is 3. The molecule has 26 heavy (non-hydrogen) atoms. The molecule has 1 fully saturated rings. The Bertz CT molecular complexity index is 852. The fourth-order valence-corrected chi connectivity index (χ4v) is 3.20. The van der Waals surface area contributed by atoms with Crippen LogP contribution >= 0.6 is 11.6 Å². The smallest absolute Gasteiger partial charge is 0.325 e. The fraction of sp³-hybridized carbons (Fsp3) is 0.278. The summed E-state index contributed by atoms with van der Waals surface area (Å²) >= 11 is 6.12. The van der Waals surface area contributed by atoms with E-state index < -0.39 is 29.9 Å². The highest BCUT2D eigenvalue weighted by Crippen LogP contribution is 2.29. The van der Waals surface area contributed by atoms with Crippen LogP contribution in [0.1, 0.15) is 31.2 Å². The molecule has 2 heterocycles. The topological polar surface area (TPSA) is 91.7 Å². The van der Waals surface area contributed by atoms with Gasteiger partial charge in [0, 0.05) is 5.02 Å². The molecule has 3 rings (SSSR count). The Hall–Kier alpha value is -2.80. The summed E-state index contributed by atoms with van der Waals surface area (Å²) < 4.78 is 5.25. The number of nitrogens with zero attached hydrogens (tertiary/aromatic N) is 1. The van der Waals surface area contributed by atoms with Crippen molar-refractivity contribution in [3.63, 3.8) is 0 Å². The van der Waals surface area contributed by atoms with E-state index in [9.17, 15) is 14.4 Å². The van der Waals surface area contributed by atoms with Gasteiger partial charge in [0.2, 0.25) is 5.91 Å². The highest BCUT2D eigenvalue weighted by molar-refractivity contribution is 6.31. The molecule has 8 heteroatoms. The molecule has 4 amide bonds. The van der Waals surface area contributed by atoms with Crippen LogP contribution in [0.4, 0.5) is 4.79 Å². The van der Waals surface area contributed by atoms with Gasteiger partial charge in [0.15, 0.2) is 5.54 Å². The largest absolute Gasteiger partial charge is 0.466 e. The summed E-state index contributed by atoms with van der Waals surface area (Å²) in [5, 5.41) is 5.85. The van der Waals surface area contributed by atoms with Crippen LogP contribution in [0.15, 0.2) is 47.1 Å². The van der Waals surface area contributed by atoms with Crippen LogP contribution in [0, 0.1) is 0 Å². The number of carbonyl (C=O) groups excluding carboxylic acids is 3. The zero-order valence-corrected chi connectivity index (χ0v) is 15.0. The summed E-state index contributed by atoms with van der Waals surface area (Å²) in [4.78, 5) is 38.1. The molecule has 1 saturated heterocycles. The maximum atomic E-state index is 12.7. The molecule has 2 atom stereocenters. The third-order valence-corrected chi connectivity index (χ3v) is 4.68. The van der Waals surface area contributed by atoms with Gasteiger partial charge in [-0.05, 0) is 37.6 Å². The van der Waals surface area contributed by atoms with E-state index in [2.05, 4.69) is 10.6 Å². The first kappa shape index (κ1) is 18.0. The van der Waals surface area contributed by atoms with E-state index in [4.69, 9.17) is 16.0 Å². The molecule has 0 spiro atoms. The number of nitrogens with one attached hydrogen (secondary N) is 2. The molecule has 0 bridgehead atoms. The van der Waals surface area contributed by atoms with Crippen molar-refractivity contribution in [1.82, 2.24) is 15.5 Å². The molecule has 2 unspecified atom stereocenters. The van der Waals surface area contributed by atoms with E-state index in [1.807, 2.05) is 6.07 Å². The lowest BCUT2D eigenvalue weighted by atomic mass is 9.99. The Morgan fingerprint density at radius 3 is 2.69 bits per heavy atom. The van der Waals surface area contributed by atoms with Crippen molar-refractivity contribution in [3.8, 4) is 0 Å². The number of amides is 4. The molecule has 1 aliphatic rings. The first-order valence-corrected chi connectivity index (χ1v) is 8.42. The van der Waals surface area contributed by atoms with Crippen molar-refractivity contribution < 1.29 is 18.8 Å². The predicted octanol–water partition coefficient (Wildman–Crippen LogP) is 2.58. The van der Waals surface area contributed by atoms with E-state index in [0.717, 1.165) is 10.5 Å². The van der Waals surface area contributed by atoms with Gasteiger partial charge in [-0.3, -0.25) is 14.5 Å². The number of hydrogen-bond acceptors (Lipinski definition) is 4. The van der Waals surface area contributed by atoms with Crippen molar-refractivity contribution in [2.24, 2.45) is 0 Å². The van der Waals surface area contributed by atoms with Gasteiger partial charge in [0.05, 0.1) is 12.3 Å². The molecule has 2 N–H and O–H groups in total. The van der Waals surface area contributed by atoms with Crippen molar-refractivity contribution in [2.75, 3.05) is 6.54 Å². The van der Waals surface area contributed by atoms with Gasteiger partial charge >= 0.3 is 6.03 Å². The fourth-order valence-electron chi connectivity index (χ4n) is 2.91. The summed E-state index contributed by atoms with van der Waals surface area (Å²) in [6.45, 7) is 2.92. The molecular formula is C18H18ClN3O4. The zero-order valence-electron chi connectivity index (χ0n) is 14.3. The normalized spacial score (nSPS) is 20.8. The third kappa shape index (κ3) is 3.17. The Balaban J connectivity index is 1.69. The van der Waals surface area contributed by atoms with E-state index in [1.54, 1.807) is 37.3 Å². The summed E-state index contributed by atoms with van der Waals surface area (Å²) in [6, 6.07) is 9.35. The predicted molar refractivity (Wildman–Crippen MR) is 94.3 cm³/mol. The average molecular weight is 376 g/mol. The number of urea groups is 1. The van der Waals surface area contributed by atoms with Crippen LogP contribution in [0.3, 0.4) is 0 Å². The van der Waals surface area contributed by atoms with Crippen molar-refractivity contribution in [3.05, 3.63) is 59.0 Å². The van der Waals surface area contributed by atoms with E-state index in [0.29, 0.717) is 10.8 Å². The summed E-state index contributed by atoms with van der Waals surface area (Å²) in [5.41, 5.74) is -0.574. The first-order valence-electron chi connectivity index (χ1n) is 8.05. The summed E-state index contributed by atoms with van der Waals surface area (Å²) in [7, 11) is 0. The Labute approximate surface area is 155 Å². The van der Waals surface area contributed by atoms with E-state index in [1.165, 1.54) is 13.2 Å². The van der Waals surface area contributed by atoms with E-state index in [-0.39, 0.29) is 6.04 Å². The Kier molecular flexibility index (Phi) is 4.73. The minimum absolute atomic E-state index is 0.309. The number of hydrogen-bond donors (Lipinski definition) is 2. The van der Waals surface area contributed by atoms with Crippen LogP contribution in [-0.4, -0.2) is 29.3 Å². The molecule has 0 radical (unpaired) electrons. The van der Waals surface area contributed by atoms with Gasteiger partial charge in [-0.2, -0.15) is 0 Å². The van der Waals surface area contributed by atoms with Crippen LogP contribution < -0.4 is 10.6 Å². The summed E-state index contributed by atoms with van der Waals surface area (Å²) in [5.74, 6) is -0.703. The van der Waals surface area contributed by atoms with Crippen molar-refractivity contribution in [1.29, 1.82) is 0 Å². The second-order valence-electron chi connectivity index (χ2n) is 6.23. The second-order valence-corrected chi connectivity index (χ2v) is 6.64. The minimum atomic E-state index is -1.32. The van der Waals surface area contributed by atoms with Crippen LogP contribution in [0.25, 0.3) is 0 Å². The molecule has 136 valence electrons. The van der Waals surface area contributed by atoms with Gasteiger partial charge in [-0.15, -0.1) is 0 Å². The number of halogens is 1. The number of benzene rings is 1.